The molecule has 0 unspecified atom stereocenters. The van der Waals surface area contributed by atoms with E-state index in [2.05, 4.69) is 51.3 Å². The average molecular weight is 630 g/mol. The second kappa shape index (κ2) is 18.3. The zero-order chi connectivity index (χ0) is 25.4. The molecular formula is C30H54O2S2Sn. The van der Waals surface area contributed by atoms with Crippen LogP contribution in [0, 0.1) is 0 Å². The van der Waals surface area contributed by atoms with E-state index in [1.165, 1.54) is 112 Å². The van der Waals surface area contributed by atoms with E-state index in [9.17, 15) is 0 Å². The van der Waals surface area contributed by atoms with Crippen molar-refractivity contribution in [3.8, 4) is 11.5 Å². The second-order valence-electron chi connectivity index (χ2n) is 10.4. The van der Waals surface area contributed by atoms with Crippen molar-refractivity contribution in [3.05, 3.63) is 5.38 Å². The number of fused-ring (bicyclic) bond motifs is 1. The van der Waals surface area contributed by atoms with Crippen LogP contribution in [0.1, 0.15) is 125 Å². The average Bonchev–Trinajstić information content (AvgIpc) is 3.44. The summed E-state index contributed by atoms with van der Waals surface area (Å²) in [4.78, 5) is 0. The van der Waals surface area contributed by atoms with Crippen molar-refractivity contribution in [2.24, 2.45) is 0 Å². The van der Waals surface area contributed by atoms with Crippen LogP contribution in [-0.2, 0) is 0 Å². The number of ether oxygens (including phenoxy) is 2. The fraction of sp³-hybridized carbons (Fsp3) is 0.800. The molecule has 2 nitrogen and oxygen atoms in total. The maximum atomic E-state index is 6.77. The minimum absolute atomic E-state index is 0.849. The van der Waals surface area contributed by atoms with Crippen molar-refractivity contribution < 1.29 is 9.47 Å². The number of hydrogen-bond donors (Lipinski definition) is 0. The molecule has 0 aromatic carbocycles. The van der Waals surface area contributed by atoms with Crippen LogP contribution in [-0.4, -0.2) is 31.6 Å². The molecule has 0 amide bonds. The monoisotopic (exact) mass is 630 g/mol. The summed E-state index contributed by atoms with van der Waals surface area (Å²) in [7, 11) is 0. The van der Waals surface area contributed by atoms with Crippen molar-refractivity contribution in [3.63, 3.8) is 0 Å². The van der Waals surface area contributed by atoms with Crippen LogP contribution >= 0.6 is 22.7 Å². The predicted molar refractivity (Wildman–Crippen MR) is 164 cm³/mol. The van der Waals surface area contributed by atoms with Gasteiger partial charge < -0.3 is 0 Å². The second-order valence-corrected chi connectivity index (χ2v) is 26.4. The Morgan fingerprint density at radius 2 is 1.11 bits per heavy atom. The van der Waals surface area contributed by atoms with Gasteiger partial charge in [0.1, 0.15) is 0 Å². The van der Waals surface area contributed by atoms with Gasteiger partial charge in [0, 0.05) is 0 Å². The molecule has 0 spiro atoms. The molecule has 0 aliphatic heterocycles. The van der Waals surface area contributed by atoms with E-state index < -0.39 is 18.4 Å². The first-order valence-corrected chi connectivity index (χ1v) is 24.1. The standard InChI is InChI=1S/C18H27O2S2.3C4H9.Sn/c1-3-5-7-9-11-19-15-13-21-18-16(14-22-17(15)18)20-12-10-8-6-4-2;3*1-3-4-2;/h13H,3-12H2,1-2H3;3*1,3-4H2,2H3;. The van der Waals surface area contributed by atoms with E-state index in [4.69, 9.17) is 9.47 Å². The SMILES string of the molecule is CCCCCCOc1csc2c(OCCCCCC)[c]([Sn]([CH2]CCC)([CH2]CCC)[CH2]CCC)sc12. The molecule has 2 aromatic heterocycles. The first-order valence-electron chi connectivity index (χ1n) is 15.0. The quantitative estimate of drug-likeness (QED) is 0.0953. The minimum atomic E-state index is -2.59. The molecule has 2 heterocycles. The summed E-state index contributed by atoms with van der Waals surface area (Å²) in [6, 6.07) is 0. The number of rotatable bonds is 22. The van der Waals surface area contributed by atoms with Gasteiger partial charge in [-0.1, -0.05) is 0 Å². The Labute approximate surface area is 229 Å². The summed E-state index contributed by atoms with van der Waals surface area (Å²) >= 11 is 1.39. The van der Waals surface area contributed by atoms with Crippen LogP contribution < -0.4 is 12.4 Å². The zero-order valence-corrected chi connectivity index (χ0v) is 28.1. The number of thiophene rings is 2. The molecule has 0 bridgehead atoms. The van der Waals surface area contributed by atoms with Gasteiger partial charge in [-0.3, -0.25) is 0 Å². The van der Waals surface area contributed by atoms with Crippen LogP contribution in [0.2, 0.25) is 13.3 Å². The molecule has 202 valence electrons. The molecule has 0 atom stereocenters. The summed E-state index contributed by atoms with van der Waals surface area (Å²) in [6.07, 6.45) is 18.2. The first kappa shape index (κ1) is 31.3. The first-order chi connectivity index (χ1) is 17.2. The van der Waals surface area contributed by atoms with Gasteiger partial charge in [0.25, 0.3) is 0 Å². The Kier molecular flexibility index (Phi) is 16.4. The van der Waals surface area contributed by atoms with Gasteiger partial charge in [-0.05, 0) is 0 Å². The Morgan fingerprint density at radius 1 is 0.600 bits per heavy atom. The van der Waals surface area contributed by atoms with Crippen LogP contribution in [0.4, 0.5) is 0 Å². The molecule has 0 N–H and O–H groups in total. The third-order valence-electron chi connectivity index (χ3n) is 7.34. The molecule has 2 aromatic rings. The summed E-state index contributed by atoms with van der Waals surface area (Å²) in [5.41, 5.74) is 0. The summed E-state index contributed by atoms with van der Waals surface area (Å²) in [5.74, 6) is 2.45. The molecule has 0 saturated carbocycles. The molecule has 2 rings (SSSR count). The normalized spacial score (nSPS) is 12.0. The van der Waals surface area contributed by atoms with Gasteiger partial charge in [0.05, 0.1) is 0 Å². The molecule has 0 fully saturated rings. The van der Waals surface area contributed by atoms with E-state index in [0.29, 0.717) is 0 Å². The molecule has 35 heavy (non-hydrogen) atoms. The van der Waals surface area contributed by atoms with Crippen molar-refractivity contribution in [2.75, 3.05) is 13.2 Å². The summed E-state index contributed by atoms with van der Waals surface area (Å²) < 4.78 is 22.2. The Balaban J connectivity index is 2.41. The van der Waals surface area contributed by atoms with Gasteiger partial charge in [-0.25, -0.2) is 0 Å². The van der Waals surface area contributed by atoms with Gasteiger partial charge in [0.15, 0.2) is 0 Å². The third-order valence-corrected chi connectivity index (χ3v) is 27.8. The molecule has 0 radical (unpaired) electrons. The van der Waals surface area contributed by atoms with Gasteiger partial charge in [0.2, 0.25) is 0 Å². The van der Waals surface area contributed by atoms with Gasteiger partial charge in [-0.15, -0.1) is 0 Å². The molecular weight excluding hydrogens is 575 g/mol. The Hall–Kier alpha value is 0.0587. The van der Waals surface area contributed by atoms with E-state index in [0.717, 1.165) is 25.4 Å². The van der Waals surface area contributed by atoms with E-state index in [1.807, 2.05) is 11.3 Å². The maximum absolute atomic E-state index is 6.77. The topological polar surface area (TPSA) is 18.5 Å². The van der Waals surface area contributed by atoms with Crippen LogP contribution in [0.15, 0.2) is 5.38 Å². The van der Waals surface area contributed by atoms with Crippen LogP contribution in [0.3, 0.4) is 0 Å². The fourth-order valence-electron chi connectivity index (χ4n) is 5.09. The van der Waals surface area contributed by atoms with Crippen molar-refractivity contribution >= 4 is 53.3 Å². The van der Waals surface area contributed by atoms with E-state index in [1.54, 1.807) is 2.89 Å². The van der Waals surface area contributed by atoms with Gasteiger partial charge in [-0.2, -0.15) is 0 Å². The molecule has 0 aliphatic carbocycles. The van der Waals surface area contributed by atoms with Crippen LogP contribution in [0.25, 0.3) is 9.40 Å². The third kappa shape index (κ3) is 9.70. The number of unbranched alkanes of at least 4 members (excludes halogenated alkanes) is 9. The fourth-order valence-corrected chi connectivity index (χ4v) is 27.3. The van der Waals surface area contributed by atoms with Crippen molar-refractivity contribution in [1.82, 2.24) is 0 Å². The van der Waals surface area contributed by atoms with Crippen molar-refractivity contribution in [2.45, 2.75) is 138 Å². The van der Waals surface area contributed by atoms with Gasteiger partial charge >= 0.3 is 231 Å². The zero-order valence-electron chi connectivity index (χ0n) is 23.6. The van der Waals surface area contributed by atoms with E-state index >= 15 is 0 Å². The molecule has 5 heteroatoms. The van der Waals surface area contributed by atoms with Crippen LogP contribution in [0.5, 0.6) is 11.5 Å². The van der Waals surface area contributed by atoms with Crippen molar-refractivity contribution in [1.29, 1.82) is 0 Å². The van der Waals surface area contributed by atoms with E-state index in [-0.39, 0.29) is 0 Å². The predicted octanol–water partition coefficient (Wildman–Crippen LogP) is 10.9. The summed E-state index contributed by atoms with van der Waals surface area (Å²) in [6.45, 7) is 13.4. The molecule has 0 saturated heterocycles. The Bertz CT molecular complexity index is 776. The summed E-state index contributed by atoms with van der Waals surface area (Å²) in [5, 5.41) is 2.26. The molecule has 0 aliphatic rings. The Morgan fingerprint density at radius 3 is 1.63 bits per heavy atom. The number of hydrogen-bond acceptors (Lipinski definition) is 4.